The van der Waals surface area contributed by atoms with E-state index in [9.17, 15) is 9.59 Å². The molecule has 8 heteroatoms. The van der Waals surface area contributed by atoms with Crippen LogP contribution >= 0.6 is 35.0 Å². The molecule has 3 aromatic rings. The number of fused-ring (bicyclic) bond motifs is 1. The van der Waals surface area contributed by atoms with Crippen molar-refractivity contribution in [3.8, 4) is 5.69 Å². The van der Waals surface area contributed by atoms with Crippen molar-refractivity contribution in [1.29, 1.82) is 0 Å². The molecule has 0 saturated carbocycles. The first-order chi connectivity index (χ1) is 14.0. The zero-order valence-corrected chi connectivity index (χ0v) is 18.4. The zero-order chi connectivity index (χ0) is 21.0. The fourth-order valence-corrected chi connectivity index (χ4v) is 4.40. The number of benzene rings is 2. The Labute approximate surface area is 183 Å². The summed E-state index contributed by atoms with van der Waals surface area (Å²) in [7, 11) is 0. The minimum absolute atomic E-state index is 0.240. The van der Waals surface area contributed by atoms with E-state index in [2.05, 4.69) is 4.98 Å². The first-order valence-corrected chi connectivity index (χ1v) is 10.9. The summed E-state index contributed by atoms with van der Waals surface area (Å²) < 4.78 is 6.68. The van der Waals surface area contributed by atoms with Crippen LogP contribution in [0.25, 0.3) is 16.6 Å². The van der Waals surface area contributed by atoms with Crippen LogP contribution in [0.2, 0.25) is 10.0 Å². The number of para-hydroxylation sites is 1. The molecule has 0 N–H and O–H groups in total. The second kappa shape index (κ2) is 9.65. The second-order valence-electron chi connectivity index (χ2n) is 6.30. The lowest BCUT2D eigenvalue weighted by atomic mass is 10.2. The summed E-state index contributed by atoms with van der Waals surface area (Å²) in [4.78, 5) is 30.4. The molecule has 0 aliphatic rings. The number of aromatic nitrogens is 2. The van der Waals surface area contributed by atoms with Gasteiger partial charge in [-0.05, 0) is 43.7 Å². The lowest BCUT2D eigenvalue weighted by Crippen LogP contribution is -2.25. The van der Waals surface area contributed by atoms with E-state index in [0.717, 1.165) is 6.42 Å². The van der Waals surface area contributed by atoms with Crippen LogP contribution in [0.4, 0.5) is 0 Å². The SMILES string of the molecule is CCCC(Sc1nc2ccccc2c(=O)n1-c1ccc(Cl)c(Cl)c1)C(=O)OCC. The number of thioether (sulfide) groups is 1. The lowest BCUT2D eigenvalue weighted by Gasteiger charge is -2.18. The topological polar surface area (TPSA) is 61.2 Å². The van der Waals surface area contributed by atoms with Crippen LogP contribution in [0.5, 0.6) is 0 Å². The molecule has 2 aromatic carbocycles. The monoisotopic (exact) mass is 450 g/mol. The Kier molecular flexibility index (Phi) is 7.22. The number of esters is 1. The van der Waals surface area contributed by atoms with Gasteiger partial charge in [-0.3, -0.25) is 14.2 Å². The number of hydrogen-bond donors (Lipinski definition) is 0. The van der Waals surface area contributed by atoms with Gasteiger partial charge < -0.3 is 4.74 Å². The molecule has 0 fully saturated rings. The quantitative estimate of drug-likeness (QED) is 0.269. The third kappa shape index (κ3) is 4.77. The standard InChI is InChI=1S/C21H20Cl2N2O3S/c1-3-7-18(20(27)28-4-2)29-21-24-17-9-6-5-8-14(17)19(26)25(21)13-10-11-15(22)16(23)12-13/h5-6,8-12,18H,3-4,7H2,1-2H3. The number of hydrogen-bond acceptors (Lipinski definition) is 5. The van der Waals surface area contributed by atoms with E-state index in [0.29, 0.717) is 44.8 Å². The molecule has 1 heterocycles. The van der Waals surface area contributed by atoms with E-state index in [4.69, 9.17) is 27.9 Å². The van der Waals surface area contributed by atoms with Crippen molar-refractivity contribution in [3.63, 3.8) is 0 Å². The largest absolute Gasteiger partial charge is 0.465 e. The normalized spacial score (nSPS) is 12.1. The molecule has 0 spiro atoms. The molecule has 0 bridgehead atoms. The average Bonchev–Trinajstić information content (AvgIpc) is 2.70. The summed E-state index contributed by atoms with van der Waals surface area (Å²) in [6.07, 6.45) is 1.40. The maximum absolute atomic E-state index is 13.3. The van der Waals surface area contributed by atoms with Gasteiger partial charge in [0.25, 0.3) is 5.56 Å². The Morgan fingerprint density at radius 3 is 2.62 bits per heavy atom. The van der Waals surface area contributed by atoms with Crippen molar-refractivity contribution in [2.75, 3.05) is 6.61 Å². The summed E-state index contributed by atoms with van der Waals surface area (Å²) in [5.41, 5.74) is 0.857. The van der Waals surface area contributed by atoms with E-state index >= 15 is 0 Å². The van der Waals surface area contributed by atoms with Gasteiger partial charge in [0.05, 0.1) is 33.2 Å². The summed E-state index contributed by atoms with van der Waals surface area (Å²) in [6, 6.07) is 12.1. The number of ether oxygens (including phenoxy) is 1. The third-order valence-electron chi connectivity index (χ3n) is 4.25. The number of carbonyl (C=O) groups excluding carboxylic acids is 1. The first-order valence-electron chi connectivity index (χ1n) is 9.26. The predicted octanol–water partition coefficient (Wildman–Crippen LogP) is 5.52. The Morgan fingerprint density at radius 1 is 1.17 bits per heavy atom. The van der Waals surface area contributed by atoms with Gasteiger partial charge in [0.15, 0.2) is 5.16 Å². The molecule has 3 rings (SSSR count). The Hall–Kier alpha value is -2.02. The molecule has 0 aliphatic carbocycles. The first kappa shape index (κ1) is 21.7. The number of nitrogens with zero attached hydrogens (tertiary/aromatic N) is 2. The number of carbonyl (C=O) groups is 1. The van der Waals surface area contributed by atoms with Gasteiger partial charge in [-0.1, -0.05) is 60.4 Å². The highest BCUT2D eigenvalue weighted by atomic mass is 35.5. The van der Waals surface area contributed by atoms with Crippen LogP contribution in [0.3, 0.4) is 0 Å². The summed E-state index contributed by atoms with van der Waals surface area (Å²) in [6.45, 7) is 4.06. The van der Waals surface area contributed by atoms with Crippen LogP contribution in [0.1, 0.15) is 26.7 Å². The number of rotatable bonds is 7. The molecule has 0 aliphatic heterocycles. The molecule has 1 aromatic heterocycles. The Bertz CT molecular complexity index is 1100. The van der Waals surface area contributed by atoms with Crippen LogP contribution in [-0.4, -0.2) is 27.4 Å². The molecule has 5 nitrogen and oxygen atoms in total. The van der Waals surface area contributed by atoms with Crippen LogP contribution in [-0.2, 0) is 9.53 Å². The Balaban J connectivity index is 2.19. The van der Waals surface area contributed by atoms with Gasteiger partial charge in [-0.15, -0.1) is 0 Å². The van der Waals surface area contributed by atoms with Crippen LogP contribution < -0.4 is 5.56 Å². The van der Waals surface area contributed by atoms with E-state index in [1.165, 1.54) is 16.3 Å². The van der Waals surface area contributed by atoms with Gasteiger partial charge >= 0.3 is 5.97 Å². The van der Waals surface area contributed by atoms with Crippen LogP contribution in [0, 0.1) is 0 Å². The summed E-state index contributed by atoms with van der Waals surface area (Å²) in [5, 5.41) is 1.13. The fraction of sp³-hybridized carbons (Fsp3) is 0.286. The lowest BCUT2D eigenvalue weighted by molar-refractivity contribution is -0.142. The Morgan fingerprint density at radius 2 is 1.93 bits per heavy atom. The molecule has 0 radical (unpaired) electrons. The second-order valence-corrected chi connectivity index (χ2v) is 8.28. The molecule has 0 saturated heterocycles. The van der Waals surface area contributed by atoms with E-state index in [-0.39, 0.29) is 11.5 Å². The average molecular weight is 451 g/mol. The van der Waals surface area contributed by atoms with Crippen molar-refractivity contribution in [3.05, 3.63) is 62.9 Å². The highest BCUT2D eigenvalue weighted by molar-refractivity contribution is 8.00. The van der Waals surface area contributed by atoms with Crippen molar-refractivity contribution in [2.24, 2.45) is 0 Å². The number of halogens is 2. The maximum atomic E-state index is 13.3. The molecular weight excluding hydrogens is 431 g/mol. The molecule has 0 amide bonds. The van der Waals surface area contributed by atoms with Crippen molar-refractivity contribution in [2.45, 2.75) is 37.1 Å². The van der Waals surface area contributed by atoms with Gasteiger partial charge in [-0.2, -0.15) is 0 Å². The third-order valence-corrected chi connectivity index (χ3v) is 6.19. The highest BCUT2D eigenvalue weighted by Crippen LogP contribution is 2.30. The minimum atomic E-state index is -0.470. The van der Waals surface area contributed by atoms with Crippen molar-refractivity contribution >= 4 is 51.8 Å². The van der Waals surface area contributed by atoms with Crippen molar-refractivity contribution < 1.29 is 9.53 Å². The summed E-state index contributed by atoms with van der Waals surface area (Å²) in [5.74, 6) is -0.317. The summed E-state index contributed by atoms with van der Waals surface area (Å²) >= 11 is 13.5. The molecular formula is C21H20Cl2N2O3S. The molecule has 1 atom stereocenters. The minimum Gasteiger partial charge on any atom is -0.465 e. The highest BCUT2D eigenvalue weighted by Gasteiger charge is 2.24. The molecule has 1 unspecified atom stereocenters. The smallest absolute Gasteiger partial charge is 0.319 e. The van der Waals surface area contributed by atoms with Gasteiger partial charge in [0, 0.05) is 0 Å². The van der Waals surface area contributed by atoms with E-state index in [1.807, 2.05) is 13.0 Å². The molecule has 152 valence electrons. The predicted molar refractivity (Wildman–Crippen MR) is 119 cm³/mol. The van der Waals surface area contributed by atoms with Gasteiger partial charge in [-0.25, -0.2) is 4.98 Å². The van der Waals surface area contributed by atoms with E-state index in [1.54, 1.807) is 43.3 Å². The van der Waals surface area contributed by atoms with E-state index < -0.39 is 5.25 Å². The van der Waals surface area contributed by atoms with Gasteiger partial charge in [0.1, 0.15) is 5.25 Å². The van der Waals surface area contributed by atoms with Gasteiger partial charge in [0.2, 0.25) is 0 Å². The fourth-order valence-electron chi connectivity index (χ4n) is 2.89. The maximum Gasteiger partial charge on any atom is 0.319 e. The van der Waals surface area contributed by atoms with Crippen molar-refractivity contribution in [1.82, 2.24) is 9.55 Å². The zero-order valence-electron chi connectivity index (χ0n) is 16.0. The molecule has 29 heavy (non-hydrogen) atoms. The van der Waals surface area contributed by atoms with Crippen LogP contribution in [0.15, 0.2) is 52.4 Å².